The summed E-state index contributed by atoms with van der Waals surface area (Å²) in [7, 11) is 0. The highest BCUT2D eigenvalue weighted by Crippen LogP contribution is 2.28. The third-order valence-corrected chi connectivity index (χ3v) is 6.60. The van der Waals surface area contributed by atoms with Crippen molar-refractivity contribution in [2.75, 3.05) is 0 Å². The molecule has 1 aliphatic heterocycles. The number of hydrazine groups is 1. The van der Waals surface area contributed by atoms with Crippen molar-refractivity contribution in [3.63, 3.8) is 0 Å². The molecule has 0 aromatic heterocycles. The number of hydrazone groups is 1. The van der Waals surface area contributed by atoms with Gasteiger partial charge in [-0.2, -0.15) is 5.10 Å². The standard InChI is InChI=1S/C33H43BN4.C2H6/c1-12-13-14-15-26(6)38-34(23(2)3)32-21-29(16-17-30(32)22-35-38)27(7)36-37(33(9,10)11)28(8)31-19-24(4)18-25(5)20-31;1-2/h12-23,36H,6-8H2,1-5,9-11H3;1-2H3/b13-12-,15-14-;. The summed E-state index contributed by atoms with van der Waals surface area (Å²) < 4.78 is 0. The van der Waals surface area contributed by atoms with Crippen LogP contribution in [-0.2, 0) is 0 Å². The Morgan fingerprint density at radius 3 is 2.15 bits per heavy atom. The topological polar surface area (TPSA) is 30.9 Å². The molecule has 0 amide bonds. The second-order valence-electron chi connectivity index (χ2n) is 11.4. The monoisotopic (exact) mass is 536 g/mol. The van der Waals surface area contributed by atoms with Gasteiger partial charge in [0.1, 0.15) is 0 Å². The molecule has 0 saturated heterocycles. The summed E-state index contributed by atoms with van der Waals surface area (Å²) in [4.78, 5) is 2.02. The van der Waals surface area contributed by atoms with E-state index in [0.29, 0.717) is 5.82 Å². The molecule has 212 valence electrons. The molecular formula is C35H49BN4. The van der Waals surface area contributed by atoms with Crippen molar-refractivity contribution in [3.8, 4) is 0 Å². The first-order valence-electron chi connectivity index (χ1n) is 14.3. The van der Waals surface area contributed by atoms with Gasteiger partial charge in [0.15, 0.2) is 0 Å². The highest BCUT2D eigenvalue weighted by molar-refractivity contribution is 6.73. The number of hydrogen-bond donors (Lipinski definition) is 1. The van der Waals surface area contributed by atoms with Gasteiger partial charge in [-0.1, -0.05) is 101 Å². The van der Waals surface area contributed by atoms with Crippen LogP contribution in [0.15, 0.2) is 91.2 Å². The predicted octanol–water partition coefficient (Wildman–Crippen LogP) is 8.48. The van der Waals surface area contributed by atoms with E-state index >= 15 is 0 Å². The van der Waals surface area contributed by atoms with Gasteiger partial charge in [0, 0.05) is 5.70 Å². The van der Waals surface area contributed by atoms with Gasteiger partial charge in [0.25, 0.3) is 0 Å². The summed E-state index contributed by atoms with van der Waals surface area (Å²) in [5.41, 5.74) is 12.8. The molecule has 4 nitrogen and oxygen atoms in total. The zero-order valence-electron chi connectivity index (χ0n) is 26.5. The summed E-state index contributed by atoms with van der Waals surface area (Å²) >= 11 is 0. The molecule has 0 bridgehead atoms. The summed E-state index contributed by atoms with van der Waals surface area (Å²) in [6.07, 6.45) is 9.92. The van der Waals surface area contributed by atoms with Crippen LogP contribution in [-0.4, -0.2) is 28.5 Å². The first kappa shape index (κ1) is 32.5. The third-order valence-electron chi connectivity index (χ3n) is 6.60. The van der Waals surface area contributed by atoms with Gasteiger partial charge in [0.2, 0.25) is 0 Å². The Morgan fingerprint density at radius 1 is 0.975 bits per heavy atom. The molecule has 1 N–H and O–H groups in total. The number of fused-ring (bicyclic) bond motifs is 1. The zero-order valence-corrected chi connectivity index (χ0v) is 26.5. The molecule has 0 spiro atoms. The van der Waals surface area contributed by atoms with Crippen LogP contribution in [0.5, 0.6) is 0 Å². The summed E-state index contributed by atoms with van der Waals surface area (Å²) in [6, 6.07) is 13.0. The van der Waals surface area contributed by atoms with Crippen molar-refractivity contribution in [1.82, 2.24) is 15.4 Å². The molecule has 0 radical (unpaired) electrons. The maximum Gasteiger partial charge on any atom is 0.320 e. The minimum atomic E-state index is -0.229. The molecule has 0 aliphatic carbocycles. The summed E-state index contributed by atoms with van der Waals surface area (Å²) in [5.74, 6) is 0.324. The van der Waals surface area contributed by atoms with Crippen LogP contribution in [0, 0.1) is 13.8 Å². The van der Waals surface area contributed by atoms with Gasteiger partial charge < -0.3 is 4.92 Å². The normalized spacial score (nSPS) is 12.9. The van der Waals surface area contributed by atoms with Crippen LogP contribution in [0.1, 0.15) is 83.2 Å². The van der Waals surface area contributed by atoms with Crippen molar-refractivity contribution in [2.24, 2.45) is 5.10 Å². The quantitative estimate of drug-likeness (QED) is 0.198. The first-order chi connectivity index (χ1) is 18.8. The predicted molar refractivity (Wildman–Crippen MR) is 180 cm³/mol. The van der Waals surface area contributed by atoms with Crippen LogP contribution >= 0.6 is 0 Å². The van der Waals surface area contributed by atoms with Gasteiger partial charge in [-0.25, -0.2) is 0 Å². The molecule has 3 rings (SSSR count). The number of nitrogens with zero attached hydrogens (tertiary/aromatic N) is 3. The largest absolute Gasteiger partial charge is 0.320 e. The van der Waals surface area contributed by atoms with E-state index < -0.39 is 0 Å². The molecule has 2 aromatic carbocycles. The molecule has 0 unspecified atom stereocenters. The number of hydrogen-bond acceptors (Lipinski definition) is 4. The number of allylic oxidation sites excluding steroid dienone is 4. The van der Waals surface area contributed by atoms with Gasteiger partial charge in [-0.15, -0.1) is 0 Å². The lowest BCUT2D eigenvalue weighted by Gasteiger charge is -2.40. The van der Waals surface area contributed by atoms with E-state index in [2.05, 4.69) is 115 Å². The fourth-order valence-electron chi connectivity index (χ4n) is 4.82. The van der Waals surface area contributed by atoms with Crippen LogP contribution in [0.3, 0.4) is 0 Å². The SMILES string of the molecule is C=C(NN(C(=C)c1cc(C)cc(C)c1)C(C)(C)C)c1ccc2c(c1)B(C(C)C)N(C(=C)/C=C\C=C/C)N=C2.CC. The van der Waals surface area contributed by atoms with Gasteiger partial charge in [0.05, 0.1) is 23.1 Å². The van der Waals surface area contributed by atoms with Gasteiger partial charge >= 0.3 is 6.85 Å². The highest BCUT2D eigenvalue weighted by atomic mass is 15.5. The summed E-state index contributed by atoms with van der Waals surface area (Å²) in [6.45, 7) is 34.4. The third kappa shape index (κ3) is 7.91. The van der Waals surface area contributed by atoms with E-state index in [1.807, 2.05) is 56.2 Å². The Kier molecular flexibility index (Phi) is 11.4. The lowest BCUT2D eigenvalue weighted by molar-refractivity contribution is 0.184. The fourth-order valence-corrected chi connectivity index (χ4v) is 4.82. The van der Waals surface area contributed by atoms with Crippen molar-refractivity contribution in [1.29, 1.82) is 0 Å². The maximum atomic E-state index is 4.75. The Bertz CT molecular complexity index is 1290. The number of rotatable bonds is 9. The Balaban J connectivity index is 0.00000274. The van der Waals surface area contributed by atoms with Crippen molar-refractivity contribution in [3.05, 3.63) is 114 Å². The number of nitrogens with one attached hydrogen (secondary N) is 1. The van der Waals surface area contributed by atoms with E-state index in [4.69, 9.17) is 5.10 Å². The average molecular weight is 537 g/mol. The van der Waals surface area contributed by atoms with Gasteiger partial charge in [-0.05, 0) is 87.7 Å². The lowest BCUT2D eigenvalue weighted by atomic mass is 9.45. The Hall–Kier alpha value is -3.73. The molecule has 1 heterocycles. The fraction of sp³-hybridized carbons (Fsp3) is 0.343. The average Bonchev–Trinajstić information content (AvgIpc) is 2.90. The Labute approximate surface area is 244 Å². The minimum Gasteiger partial charge on any atom is -0.306 e. The van der Waals surface area contributed by atoms with Crippen LogP contribution in [0.4, 0.5) is 0 Å². The van der Waals surface area contributed by atoms with Crippen LogP contribution in [0.25, 0.3) is 11.4 Å². The molecule has 0 atom stereocenters. The molecule has 1 aliphatic rings. The van der Waals surface area contributed by atoms with Crippen molar-refractivity contribution in [2.45, 2.75) is 80.6 Å². The second-order valence-corrected chi connectivity index (χ2v) is 11.4. The van der Waals surface area contributed by atoms with E-state index in [1.54, 1.807) is 0 Å². The molecule has 0 fully saturated rings. The van der Waals surface area contributed by atoms with E-state index in [-0.39, 0.29) is 12.4 Å². The number of benzene rings is 2. The van der Waals surface area contributed by atoms with Crippen LogP contribution < -0.4 is 10.9 Å². The zero-order chi connectivity index (χ0) is 30.2. The first-order valence-corrected chi connectivity index (χ1v) is 14.3. The van der Waals surface area contributed by atoms with E-state index in [1.165, 1.54) is 16.6 Å². The van der Waals surface area contributed by atoms with E-state index in [9.17, 15) is 0 Å². The number of aryl methyl sites for hydroxylation is 2. The summed E-state index contributed by atoms with van der Waals surface area (Å²) in [5, 5.41) is 6.87. The maximum absolute atomic E-state index is 4.75. The second kappa shape index (κ2) is 14.1. The lowest BCUT2D eigenvalue weighted by Crippen LogP contribution is -2.51. The molecule has 5 heteroatoms. The van der Waals surface area contributed by atoms with Crippen LogP contribution in [0.2, 0.25) is 5.82 Å². The Morgan fingerprint density at radius 2 is 1.60 bits per heavy atom. The minimum absolute atomic E-state index is 0.0643. The van der Waals surface area contributed by atoms with Gasteiger partial charge in [-0.3, -0.25) is 10.4 Å². The van der Waals surface area contributed by atoms with Crippen molar-refractivity contribution >= 4 is 29.9 Å². The van der Waals surface area contributed by atoms with Crippen molar-refractivity contribution < 1.29 is 0 Å². The molecule has 2 aromatic rings. The smallest absolute Gasteiger partial charge is 0.306 e. The molecule has 0 saturated carbocycles. The molecular weight excluding hydrogens is 487 g/mol. The highest BCUT2D eigenvalue weighted by Gasteiger charge is 2.34. The molecule has 40 heavy (non-hydrogen) atoms. The van der Waals surface area contributed by atoms with E-state index in [0.717, 1.165) is 33.8 Å².